The molecule has 0 heterocycles. The van der Waals surface area contributed by atoms with E-state index in [1.807, 2.05) is 0 Å². The van der Waals surface area contributed by atoms with E-state index in [1.54, 1.807) is 0 Å². The van der Waals surface area contributed by atoms with Crippen LogP contribution in [0.25, 0.3) is 0 Å². The van der Waals surface area contributed by atoms with Gasteiger partial charge in [0.25, 0.3) is 0 Å². The van der Waals surface area contributed by atoms with Gasteiger partial charge in [-0.15, -0.1) is 0 Å². The fourth-order valence-corrected chi connectivity index (χ4v) is 4.20. The van der Waals surface area contributed by atoms with Crippen LogP contribution in [-0.4, -0.2) is 37.1 Å². The summed E-state index contributed by atoms with van der Waals surface area (Å²) >= 11 is 0. The van der Waals surface area contributed by atoms with Crippen molar-refractivity contribution in [3.05, 3.63) is 0 Å². The molecule has 0 saturated heterocycles. The molecule has 2 heteroatoms. The van der Waals surface area contributed by atoms with E-state index in [9.17, 15) is 0 Å². The highest BCUT2D eigenvalue weighted by atomic mass is 15.2. The molecule has 2 nitrogen and oxygen atoms in total. The third-order valence-electron chi connectivity index (χ3n) is 5.71. The van der Waals surface area contributed by atoms with Gasteiger partial charge in [0.2, 0.25) is 0 Å². The van der Waals surface area contributed by atoms with Gasteiger partial charge in [-0.3, -0.25) is 4.90 Å². The Bertz CT molecular complexity index is 290. The van der Waals surface area contributed by atoms with E-state index < -0.39 is 0 Å². The zero-order valence-electron chi connectivity index (χ0n) is 13.1. The van der Waals surface area contributed by atoms with E-state index >= 15 is 0 Å². The van der Waals surface area contributed by atoms with Gasteiger partial charge in [0.05, 0.1) is 0 Å². The van der Waals surface area contributed by atoms with Crippen molar-refractivity contribution in [1.29, 1.82) is 0 Å². The van der Waals surface area contributed by atoms with Crippen molar-refractivity contribution < 1.29 is 0 Å². The third-order valence-corrected chi connectivity index (χ3v) is 5.71. The van der Waals surface area contributed by atoms with Crippen molar-refractivity contribution >= 4 is 0 Å². The van der Waals surface area contributed by atoms with E-state index in [0.29, 0.717) is 11.5 Å². The van der Waals surface area contributed by atoms with Gasteiger partial charge in [0.15, 0.2) is 0 Å². The van der Waals surface area contributed by atoms with Crippen LogP contribution in [0.15, 0.2) is 0 Å². The second-order valence-corrected chi connectivity index (χ2v) is 8.06. The molecule has 3 saturated carbocycles. The lowest BCUT2D eigenvalue weighted by atomic mass is 9.70. The zero-order chi connectivity index (χ0) is 13.5. The Kier molecular flexibility index (Phi) is 3.92. The van der Waals surface area contributed by atoms with Crippen LogP contribution in [0.3, 0.4) is 0 Å². The molecule has 0 radical (unpaired) electrons. The van der Waals surface area contributed by atoms with Crippen LogP contribution in [0.4, 0.5) is 0 Å². The summed E-state index contributed by atoms with van der Waals surface area (Å²) < 4.78 is 0. The zero-order valence-corrected chi connectivity index (χ0v) is 13.1. The molecule has 0 aromatic carbocycles. The monoisotopic (exact) mass is 264 g/mol. The summed E-state index contributed by atoms with van der Waals surface area (Å²) in [7, 11) is 2.18. The molecule has 0 spiro atoms. The quantitative estimate of drug-likeness (QED) is 0.792. The number of likely N-dealkylation sites (N-methyl/N-ethyl adjacent to an activating group) is 1. The summed E-state index contributed by atoms with van der Waals surface area (Å²) in [6.45, 7) is 7.70. The van der Waals surface area contributed by atoms with E-state index in [0.717, 1.165) is 17.9 Å². The maximum absolute atomic E-state index is 3.67. The minimum absolute atomic E-state index is 0.461. The second-order valence-electron chi connectivity index (χ2n) is 8.06. The Hall–Kier alpha value is -0.0800. The number of rotatable bonds is 6. The van der Waals surface area contributed by atoms with E-state index in [-0.39, 0.29) is 0 Å². The maximum Gasteiger partial charge on any atom is 0.0271 e. The molecular weight excluding hydrogens is 232 g/mol. The van der Waals surface area contributed by atoms with Crippen molar-refractivity contribution in [3.8, 4) is 0 Å². The van der Waals surface area contributed by atoms with Crippen LogP contribution in [0.1, 0.15) is 58.8 Å². The lowest BCUT2D eigenvalue weighted by molar-refractivity contribution is 0.0463. The average Bonchev–Trinajstić information content (AvgIpc) is 3.21. The Labute approximate surface area is 119 Å². The lowest BCUT2D eigenvalue weighted by Gasteiger charge is -2.48. The molecule has 19 heavy (non-hydrogen) atoms. The summed E-state index contributed by atoms with van der Waals surface area (Å²) in [4.78, 5) is 2.89. The third kappa shape index (κ3) is 3.33. The summed E-state index contributed by atoms with van der Waals surface area (Å²) in [5.41, 5.74) is 0.461. The molecule has 3 aliphatic carbocycles. The van der Waals surface area contributed by atoms with Crippen LogP contribution in [0.2, 0.25) is 0 Å². The number of hydrogen-bond acceptors (Lipinski definition) is 2. The van der Waals surface area contributed by atoms with E-state index in [2.05, 4.69) is 31.1 Å². The largest absolute Gasteiger partial charge is 0.315 e. The second kappa shape index (κ2) is 5.37. The number of nitrogens with one attached hydrogen (secondary N) is 1. The Morgan fingerprint density at radius 1 is 1.00 bits per heavy atom. The Morgan fingerprint density at radius 3 is 2.05 bits per heavy atom. The van der Waals surface area contributed by atoms with E-state index in [4.69, 9.17) is 0 Å². The van der Waals surface area contributed by atoms with Crippen molar-refractivity contribution in [3.63, 3.8) is 0 Å². The van der Waals surface area contributed by atoms with Gasteiger partial charge < -0.3 is 5.32 Å². The van der Waals surface area contributed by atoms with Crippen LogP contribution in [0.5, 0.6) is 0 Å². The van der Waals surface area contributed by atoms with Gasteiger partial charge >= 0.3 is 0 Å². The minimum atomic E-state index is 0.461. The Morgan fingerprint density at radius 2 is 1.58 bits per heavy atom. The normalized spacial score (nSPS) is 34.7. The van der Waals surface area contributed by atoms with Gasteiger partial charge in [-0.1, -0.05) is 20.3 Å². The summed E-state index contributed by atoms with van der Waals surface area (Å²) in [6, 6.07) is 1.47. The highest BCUT2D eigenvalue weighted by Crippen LogP contribution is 2.41. The molecule has 1 N–H and O–H groups in total. The molecule has 0 amide bonds. The topological polar surface area (TPSA) is 15.3 Å². The van der Waals surface area contributed by atoms with Gasteiger partial charge in [0.1, 0.15) is 0 Å². The number of hydrogen-bond donors (Lipinski definition) is 1. The van der Waals surface area contributed by atoms with Gasteiger partial charge in [-0.05, 0) is 62.8 Å². The van der Waals surface area contributed by atoms with Crippen LogP contribution in [-0.2, 0) is 0 Å². The van der Waals surface area contributed by atoms with Crippen LogP contribution < -0.4 is 5.32 Å². The average molecular weight is 264 g/mol. The Balaban J connectivity index is 1.69. The molecule has 0 aromatic heterocycles. The van der Waals surface area contributed by atoms with Crippen LogP contribution in [0, 0.1) is 17.3 Å². The first-order valence-corrected chi connectivity index (χ1v) is 8.51. The van der Waals surface area contributed by atoms with E-state index in [1.165, 1.54) is 58.0 Å². The molecule has 3 fully saturated rings. The first kappa shape index (κ1) is 13.9. The first-order valence-electron chi connectivity index (χ1n) is 8.51. The maximum atomic E-state index is 3.67. The van der Waals surface area contributed by atoms with Crippen molar-refractivity contribution in [2.24, 2.45) is 17.3 Å². The molecule has 0 aromatic rings. The fourth-order valence-electron chi connectivity index (χ4n) is 4.20. The lowest BCUT2D eigenvalue weighted by Crippen LogP contribution is -2.58. The van der Waals surface area contributed by atoms with Gasteiger partial charge in [-0.2, -0.15) is 0 Å². The SMILES string of the molecule is CNC1C(N(CC2CC2)CC2CC2)CCCC1(C)C. The summed E-state index contributed by atoms with van der Waals surface area (Å²) in [5.74, 6) is 2.06. The highest BCUT2D eigenvalue weighted by Gasteiger charge is 2.42. The fraction of sp³-hybridized carbons (Fsp3) is 1.00. The van der Waals surface area contributed by atoms with Gasteiger partial charge in [-0.25, -0.2) is 0 Å². The van der Waals surface area contributed by atoms with Gasteiger partial charge in [0, 0.05) is 25.2 Å². The molecule has 2 unspecified atom stereocenters. The number of nitrogens with zero attached hydrogens (tertiary/aromatic N) is 1. The summed E-state index contributed by atoms with van der Waals surface area (Å²) in [5, 5.41) is 3.67. The molecule has 0 aliphatic heterocycles. The molecule has 110 valence electrons. The predicted molar refractivity (Wildman–Crippen MR) is 81.3 cm³/mol. The molecule has 3 aliphatic rings. The summed E-state index contributed by atoms with van der Waals surface area (Å²) in [6.07, 6.45) is 10.2. The standard InChI is InChI=1S/C17H32N2/c1-17(2)10-4-5-15(16(17)18-3)19(11-13-6-7-13)12-14-8-9-14/h13-16,18H,4-12H2,1-3H3. The molecular formula is C17H32N2. The minimum Gasteiger partial charge on any atom is -0.315 e. The smallest absolute Gasteiger partial charge is 0.0271 e. The van der Waals surface area contributed by atoms with Crippen LogP contribution >= 0.6 is 0 Å². The molecule has 0 bridgehead atoms. The first-order chi connectivity index (χ1) is 9.10. The van der Waals surface area contributed by atoms with Crippen molar-refractivity contribution in [1.82, 2.24) is 10.2 Å². The highest BCUT2D eigenvalue weighted by molar-refractivity contribution is 4.99. The molecule has 3 rings (SSSR count). The van der Waals surface area contributed by atoms with Crippen molar-refractivity contribution in [2.45, 2.75) is 70.9 Å². The van der Waals surface area contributed by atoms with Crippen molar-refractivity contribution in [2.75, 3.05) is 20.1 Å². The predicted octanol–water partition coefficient (Wildman–Crippen LogP) is 3.28. The molecule has 2 atom stereocenters.